The third-order valence-electron chi connectivity index (χ3n) is 3.10. The monoisotopic (exact) mass is 265 g/mol. The quantitative estimate of drug-likeness (QED) is 0.768. The number of rotatable bonds is 7. The van der Waals surface area contributed by atoms with E-state index in [2.05, 4.69) is 0 Å². The standard InChI is InChI=1S/C15H23NO3/c1-4-12(3)19-11-15(16,14(17)18-5-2)13-9-7-6-8-10-13/h6-10,12H,4-5,11,16H2,1-3H3. The van der Waals surface area contributed by atoms with Crippen LogP contribution in [-0.4, -0.2) is 25.3 Å². The third-order valence-corrected chi connectivity index (χ3v) is 3.10. The fraction of sp³-hybridized carbons (Fsp3) is 0.533. The Morgan fingerprint density at radius 3 is 2.47 bits per heavy atom. The molecular weight excluding hydrogens is 242 g/mol. The molecule has 0 fully saturated rings. The van der Waals surface area contributed by atoms with Gasteiger partial charge in [-0.3, -0.25) is 0 Å². The van der Waals surface area contributed by atoms with Gasteiger partial charge < -0.3 is 15.2 Å². The van der Waals surface area contributed by atoms with Crippen molar-refractivity contribution in [1.82, 2.24) is 0 Å². The number of esters is 1. The van der Waals surface area contributed by atoms with Crippen molar-refractivity contribution in [3.8, 4) is 0 Å². The van der Waals surface area contributed by atoms with Gasteiger partial charge in [0.05, 0.1) is 19.3 Å². The lowest BCUT2D eigenvalue weighted by Gasteiger charge is -2.28. The molecule has 0 aliphatic carbocycles. The summed E-state index contributed by atoms with van der Waals surface area (Å²) in [4.78, 5) is 12.1. The fourth-order valence-corrected chi connectivity index (χ4v) is 1.65. The Bertz CT molecular complexity index is 394. The molecule has 19 heavy (non-hydrogen) atoms. The molecule has 0 amide bonds. The zero-order chi connectivity index (χ0) is 14.3. The smallest absolute Gasteiger partial charge is 0.333 e. The zero-order valence-electron chi connectivity index (χ0n) is 11.9. The molecule has 1 rings (SSSR count). The molecule has 1 aromatic rings. The van der Waals surface area contributed by atoms with Crippen LogP contribution >= 0.6 is 0 Å². The number of carbonyl (C=O) groups is 1. The summed E-state index contributed by atoms with van der Waals surface area (Å²) < 4.78 is 10.7. The van der Waals surface area contributed by atoms with Crippen LogP contribution in [0, 0.1) is 0 Å². The summed E-state index contributed by atoms with van der Waals surface area (Å²) in [6.07, 6.45) is 0.925. The van der Waals surface area contributed by atoms with Crippen LogP contribution in [0.4, 0.5) is 0 Å². The van der Waals surface area contributed by atoms with Crippen LogP contribution in [0.3, 0.4) is 0 Å². The Morgan fingerprint density at radius 2 is 1.95 bits per heavy atom. The van der Waals surface area contributed by atoms with E-state index in [-0.39, 0.29) is 12.7 Å². The van der Waals surface area contributed by atoms with Crippen molar-refractivity contribution in [1.29, 1.82) is 0 Å². The predicted octanol–water partition coefficient (Wildman–Crippen LogP) is 2.22. The highest BCUT2D eigenvalue weighted by Crippen LogP contribution is 2.21. The summed E-state index contributed by atoms with van der Waals surface area (Å²) in [6, 6.07) is 9.21. The van der Waals surface area contributed by atoms with Crippen LogP contribution in [0.25, 0.3) is 0 Å². The molecule has 2 N–H and O–H groups in total. The molecule has 0 heterocycles. The predicted molar refractivity (Wildman–Crippen MR) is 74.6 cm³/mol. The summed E-state index contributed by atoms with van der Waals surface area (Å²) >= 11 is 0. The van der Waals surface area contributed by atoms with Crippen molar-refractivity contribution >= 4 is 5.97 Å². The van der Waals surface area contributed by atoms with Crippen molar-refractivity contribution in [3.63, 3.8) is 0 Å². The fourth-order valence-electron chi connectivity index (χ4n) is 1.65. The van der Waals surface area contributed by atoms with Crippen LogP contribution in [-0.2, 0) is 19.8 Å². The van der Waals surface area contributed by atoms with Gasteiger partial charge in [0.15, 0.2) is 5.54 Å². The summed E-state index contributed by atoms with van der Waals surface area (Å²) in [5.74, 6) is -0.454. The molecule has 0 aliphatic heterocycles. The third kappa shape index (κ3) is 4.04. The van der Waals surface area contributed by atoms with Gasteiger partial charge in [0.25, 0.3) is 0 Å². The van der Waals surface area contributed by atoms with Gasteiger partial charge in [-0.15, -0.1) is 0 Å². The molecule has 0 saturated carbocycles. The molecule has 106 valence electrons. The highest BCUT2D eigenvalue weighted by atomic mass is 16.5. The second kappa shape index (κ2) is 7.26. The average molecular weight is 265 g/mol. The molecule has 2 atom stereocenters. The SMILES string of the molecule is CCOC(=O)C(N)(COC(C)CC)c1ccccc1. The summed E-state index contributed by atoms with van der Waals surface area (Å²) in [6.45, 7) is 6.16. The topological polar surface area (TPSA) is 61.5 Å². The van der Waals surface area contributed by atoms with Crippen molar-refractivity contribution in [2.45, 2.75) is 38.8 Å². The minimum absolute atomic E-state index is 0.0565. The van der Waals surface area contributed by atoms with E-state index < -0.39 is 11.5 Å². The first-order chi connectivity index (χ1) is 9.04. The van der Waals surface area contributed by atoms with Gasteiger partial charge in [-0.25, -0.2) is 4.79 Å². The molecule has 0 saturated heterocycles. The van der Waals surface area contributed by atoms with Crippen molar-refractivity contribution in [2.75, 3.05) is 13.2 Å². The Hall–Kier alpha value is -1.39. The lowest BCUT2D eigenvalue weighted by molar-refractivity contribution is -0.153. The first-order valence-electron chi connectivity index (χ1n) is 6.67. The van der Waals surface area contributed by atoms with Crippen LogP contribution in [0.5, 0.6) is 0 Å². The van der Waals surface area contributed by atoms with E-state index in [4.69, 9.17) is 15.2 Å². The minimum atomic E-state index is -1.25. The second-order valence-corrected chi connectivity index (χ2v) is 4.59. The van der Waals surface area contributed by atoms with E-state index in [0.717, 1.165) is 6.42 Å². The molecule has 0 radical (unpaired) electrons. The molecule has 0 aliphatic rings. The second-order valence-electron chi connectivity index (χ2n) is 4.59. The normalized spacial score (nSPS) is 15.6. The first-order valence-corrected chi connectivity index (χ1v) is 6.67. The van der Waals surface area contributed by atoms with Crippen LogP contribution in [0.15, 0.2) is 30.3 Å². The maximum Gasteiger partial charge on any atom is 0.333 e. The van der Waals surface area contributed by atoms with Gasteiger partial charge in [0.2, 0.25) is 0 Å². The Labute approximate surface area is 114 Å². The highest BCUT2D eigenvalue weighted by molar-refractivity contribution is 5.82. The van der Waals surface area contributed by atoms with E-state index in [0.29, 0.717) is 12.2 Å². The van der Waals surface area contributed by atoms with E-state index in [9.17, 15) is 4.79 Å². The van der Waals surface area contributed by atoms with E-state index in [1.165, 1.54) is 0 Å². The van der Waals surface area contributed by atoms with Gasteiger partial charge in [0.1, 0.15) is 0 Å². The highest BCUT2D eigenvalue weighted by Gasteiger charge is 2.38. The summed E-state index contributed by atoms with van der Waals surface area (Å²) in [7, 11) is 0. The van der Waals surface area contributed by atoms with E-state index >= 15 is 0 Å². The van der Waals surface area contributed by atoms with Gasteiger partial charge in [-0.1, -0.05) is 37.3 Å². The van der Waals surface area contributed by atoms with Crippen LogP contribution < -0.4 is 5.73 Å². The number of carbonyl (C=O) groups excluding carboxylic acids is 1. The van der Waals surface area contributed by atoms with Gasteiger partial charge in [-0.05, 0) is 25.8 Å². The molecule has 0 spiro atoms. The number of hydrogen-bond donors (Lipinski definition) is 1. The van der Waals surface area contributed by atoms with Crippen LogP contribution in [0.1, 0.15) is 32.8 Å². The Balaban J connectivity index is 2.93. The number of benzene rings is 1. The molecule has 4 nitrogen and oxygen atoms in total. The van der Waals surface area contributed by atoms with E-state index in [1.807, 2.05) is 44.2 Å². The average Bonchev–Trinajstić information content (AvgIpc) is 2.45. The Morgan fingerprint density at radius 1 is 1.32 bits per heavy atom. The summed E-state index contributed by atoms with van der Waals surface area (Å²) in [5, 5.41) is 0. The van der Waals surface area contributed by atoms with Gasteiger partial charge in [0, 0.05) is 0 Å². The zero-order valence-corrected chi connectivity index (χ0v) is 11.9. The van der Waals surface area contributed by atoms with Gasteiger partial charge in [-0.2, -0.15) is 0 Å². The van der Waals surface area contributed by atoms with E-state index in [1.54, 1.807) is 6.92 Å². The number of ether oxygens (including phenoxy) is 2. The van der Waals surface area contributed by atoms with Gasteiger partial charge >= 0.3 is 5.97 Å². The lowest BCUT2D eigenvalue weighted by Crippen LogP contribution is -2.50. The molecule has 2 unspecified atom stereocenters. The van der Waals surface area contributed by atoms with Crippen LogP contribution in [0.2, 0.25) is 0 Å². The number of nitrogens with two attached hydrogens (primary N) is 1. The van der Waals surface area contributed by atoms with Crippen molar-refractivity contribution < 1.29 is 14.3 Å². The minimum Gasteiger partial charge on any atom is -0.464 e. The van der Waals surface area contributed by atoms with Crippen molar-refractivity contribution in [2.24, 2.45) is 5.73 Å². The molecular formula is C15H23NO3. The maximum atomic E-state index is 12.1. The molecule has 0 bridgehead atoms. The molecule has 0 aromatic heterocycles. The number of hydrogen-bond acceptors (Lipinski definition) is 4. The lowest BCUT2D eigenvalue weighted by atomic mass is 9.92. The maximum absolute atomic E-state index is 12.1. The molecule has 4 heteroatoms. The summed E-state index contributed by atoms with van der Waals surface area (Å²) in [5.41, 5.74) is 5.71. The largest absolute Gasteiger partial charge is 0.464 e. The first kappa shape index (κ1) is 15.7. The van der Waals surface area contributed by atoms with Crippen molar-refractivity contribution in [3.05, 3.63) is 35.9 Å². The molecule has 1 aromatic carbocycles. The Kier molecular flexibility index (Phi) is 5.99.